The number of carbonyl (C=O) groups is 3. The average Bonchev–Trinajstić information content (AvgIpc) is 3.71. The second-order valence-corrected chi connectivity index (χ2v) is 11.0. The Morgan fingerprint density at radius 2 is 1.76 bits per heavy atom. The molecule has 7 rings (SSSR count). The number of carbonyl (C=O) groups excluding carboxylic acids is 3. The maximum atomic E-state index is 14.6. The molecule has 4 aromatic rings. The zero-order chi connectivity index (χ0) is 29.2. The Morgan fingerprint density at radius 1 is 0.952 bits per heavy atom. The van der Waals surface area contributed by atoms with E-state index in [-0.39, 0.29) is 12.5 Å². The average molecular weight is 569 g/mol. The molecule has 3 aromatic carbocycles. The number of fused-ring (bicyclic) bond motifs is 5. The quantitative estimate of drug-likeness (QED) is 0.294. The Bertz CT molecular complexity index is 1770. The van der Waals surface area contributed by atoms with Crippen molar-refractivity contribution >= 4 is 34.3 Å². The SMILES string of the molecule is COc1ccc(CCN2C(=O)[C@@H]3[C@H](Cc4c[nH]c5ccccc45)N[C@]4(C(=O)Nc5ccc(F)cc54)[C@@H]3C2=O)cc1OC. The van der Waals surface area contributed by atoms with Gasteiger partial charge in [-0.3, -0.25) is 24.6 Å². The van der Waals surface area contributed by atoms with E-state index in [2.05, 4.69) is 15.6 Å². The molecule has 0 unspecified atom stereocenters. The van der Waals surface area contributed by atoms with Crippen LogP contribution in [0, 0.1) is 17.7 Å². The highest BCUT2D eigenvalue weighted by Gasteiger charge is 2.70. The highest BCUT2D eigenvalue weighted by molar-refractivity contribution is 6.15. The molecule has 2 saturated heterocycles. The number of ether oxygens (including phenoxy) is 2. The summed E-state index contributed by atoms with van der Waals surface area (Å²) in [5, 5.41) is 7.23. The number of methoxy groups -OCH3 is 2. The third-order valence-corrected chi connectivity index (χ3v) is 8.96. The number of aromatic nitrogens is 1. The first-order valence-corrected chi connectivity index (χ1v) is 13.9. The molecule has 2 fully saturated rings. The Labute approximate surface area is 241 Å². The van der Waals surface area contributed by atoms with Crippen molar-refractivity contribution in [2.45, 2.75) is 24.4 Å². The lowest BCUT2D eigenvalue weighted by Crippen LogP contribution is -2.53. The number of likely N-dealkylation sites (tertiary alicyclic amines) is 1. The molecule has 3 amide bonds. The van der Waals surface area contributed by atoms with Crippen molar-refractivity contribution in [1.82, 2.24) is 15.2 Å². The number of imide groups is 1. The monoisotopic (exact) mass is 568 g/mol. The zero-order valence-corrected chi connectivity index (χ0v) is 23.1. The summed E-state index contributed by atoms with van der Waals surface area (Å²) in [5.74, 6) is -2.45. The first kappa shape index (κ1) is 26.2. The predicted octanol–water partition coefficient (Wildman–Crippen LogP) is 3.53. The number of H-pyrrole nitrogens is 1. The number of para-hydroxylation sites is 1. The highest BCUT2D eigenvalue weighted by atomic mass is 19.1. The van der Waals surface area contributed by atoms with Crippen molar-refractivity contribution in [3.63, 3.8) is 0 Å². The van der Waals surface area contributed by atoms with Crippen molar-refractivity contribution in [2.75, 3.05) is 26.1 Å². The van der Waals surface area contributed by atoms with E-state index in [1.165, 1.54) is 23.1 Å². The van der Waals surface area contributed by atoms with Gasteiger partial charge in [0.15, 0.2) is 11.5 Å². The van der Waals surface area contributed by atoms with Gasteiger partial charge in [0.25, 0.3) is 0 Å². The maximum Gasteiger partial charge on any atom is 0.250 e. The third kappa shape index (κ3) is 3.75. The van der Waals surface area contributed by atoms with Gasteiger partial charge in [0.2, 0.25) is 17.7 Å². The molecule has 9 nitrogen and oxygen atoms in total. The van der Waals surface area contributed by atoms with Gasteiger partial charge in [0.05, 0.1) is 26.1 Å². The number of nitrogens with zero attached hydrogens (tertiary/aromatic N) is 1. The molecule has 1 spiro atoms. The summed E-state index contributed by atoms with van der Waals surface area (Å²) in [4.78, 5) is 46.5. The minimum Gasteiger partial charge on any atom is -0.493 e. The van der Waals surface area contributed by atoms with E-state index in [0.717, 1.165) is 22.0 Å². The fourth-order valence-corrected chi connectivity index (χ4v) is 7.04. The van der Waals surface area contributed by atoms with Crippen LogP contribution in [0.5, 0.6) is 11.5 Å². The molecule has 42 heavy (non-hydrogen) atoms. The van der Waals surface area contributed by atoms with E-state index >= 15 is 0 Å². The number of benzene rings is 3. The van der Waals surface area contributed by atoms with Crippen molar-refractivity contribution in [2.24, 2.45) is 11.8 Å². The number of halogens is 1. The number of aromatic amines is 1. The summed E-state index contributed by atoms with van der Waals surface area (Å²) < 4.78 is 25.3. The molecule has 10 heteroatoms. The highest BCUT2D eigenvalue weighted by Crippen LogP contribution is 2.53. The molecule has 3 N–H and O–H groups in total. The normalized spacial score (nSPS) is 24.4. The van der Waals surface area contributed by atoms with E-state index in [0.29, 0.717) is 35.6 Å². The lowest BCUT2D eigenvalue weighted by Gasteiger charge is -2.29. The van der Waals surface area contributed by atoms with Crippen LogP contribution < -0.4 is 20.1 Å². The fraction of sp³-hybridized carbons (Fsp3) is 0.281. The molecule has 0 radical (unpaired) electrons. The largest absolute Gasteiger partial charge is 0.493 e. The van der Waals surface area contributed by atoms with Crippen LogP contribution in [0.1, 0.15) is 16.7 Å². The summed E-state index contributed by atoms with van der Waals surface area (Å²) in [7, 11) is 3.10. The van der Waals surface area contributed by atoms with Crippen LogP contribution in [-0.4, -0.2) is 54.4 Å². The minimum absolute atomic E-state index is 0.133. The lowest BCUT2D eigenvalue weighted by molar-refractivity contribution is -0.142. The van der Waals surface area contributed by atoms with Crippen LogP contribution in [0.3, 0.4) is 0 Å². The predicted molar refractivity (Wildman–Crippen MR) is 153 cm³/mol. The van der Waals surface area contributed by atoms with Crippen LogP contribution in [0.15, 0.2) is 66.9 Å². The molecular formula is C32H29FN4O5. The number of hydrogen-bond acceptors (Lipinski definition) is 6. The fourth-order valence-electron chi connectivity index (χ4n) is 7.04. The minimum atomic E-state index is -1.57. The second kappa shape index (κ2) is 9.70. The molecule has 4 atom stereocenters. The van der Waals surface area contributed by atoms with E-state index in [9.17, 15) is 18.8 Å². The van der Waals surface area contributed by atoms with Crippen molar-refractivity contribution < 1.29 is 28.2 Å². The smallest absolute Gasteiger partial charge is 0.250 e. The summed E-state index contributed by atoms with van der Waals surface area (Å²) in [6.45, 7) is 0.133. The molecule has 214 valence electrons. The Kier molecular flexibility index (Phi) is 6.05. The lowest BCUT2D eigenvalue weighted by atomic mass is 9.76. The maximum absolute atomic E-state index is 14.6. The molecule has 0 aliphatic carbocycles. The number of amides is 3. The summed E-state index contributed by atoms with van der Waals surface area (Å²) in [6, 6.07) is 16.8. The van der Waals surface area contributed by atoms with Gasteiger partial charge >= 0.3 is 0 Å². The van der Waals surface area contributed by atoms with Crippen LogP contribution in [0.25, 0.3) is 10.9 Å². The van der Waals surface area contributed by atoms with E-state index in [1.807, 2.05) is 42.6 Å². The Balaban J connectivity index is 1.26. The molecule has 4 heterocycles. The molecule has 1 aromatic heterocycles. The van der Waals surface area contributed by atoms with Gasteiger partial charge in [-0.25, -0.2) is 4.39 Å². The van der Waals surface area contributed by atoms with Crippen LogP contribution in [0.4, 0.5) is 10.1 Å². The van der Waals surface area contributed by atoms with Gasteiger partial charge in [0.1, 0.15) is 11.4 Å². The van der Waals surface area contributed by atoms with Crippen molar-refractivity contribution in [3.05, 3.63) is 89.4 Å². The summed E-state index contributed by atoms with van der Waals surface area (Å²) in [6.07, 6.45) is 2.68. The second-order valence-electron chi connectivity index (χ2n) is 11.0. The molecule has 0 bridgehead atoms. The van der Waals surface area contributed by atoms with E-state index in [1.54, 1.807) is 20.3 Å². The third-order valence-electron chi connectivity index (χ3n) is 8.96. The summed E-state index contributed by atoms with van der Waals surface area (Å²) in [5.41, 5.74) is 1.99. The van der Waals surface area contributed by atoms with Gasteiger partial charge in [-0.2, -0.15) is 0 Å². The number of nitrogens with one attached hydrogen (secondary N) is 3. The van der Waals surface area contributed by atoms with Gasteiger partial charge in [-0.05, 0) is 60.4 Å². The van der Waals surface area contributed by atoms with Crippen LogP contribution >= 0.6 is 0 Å². The molecule has 3 aliphatic rings. The topological polar surface area (TPSA) is 113 Å². The van der Waals surface area contributed by atoms with Gasteiger partial charge in [-0.15, -0.1) is 0 Å². The zero-order valence-electron chi connectivity index (χ0n) is 23.1. The van der Waals surface area contributed by atoms with Crippen molar-refractivity contribution in [1.29, 1.82) is 0 Å². The number of rotatable bonds is 7. The summed E-state index contributed by atoms with van der Waals surface area (Å²) >= 11 is 0. The molecule has 3 aliphatic heterocycles. The molecule has 0 saturated carbocycles. The number of anilines is 1. The van der Waals surface area contributed by atoms with Gasteiger partial charge in [-0.1, -0.05) is 24.3 Å². The van der Waals surface area contributed by atoms with Crippen molar-refractivity contribution in [3.8, 4) is 11.5 Å². The Hall–Kier alpha value is -4.70. The van der Waals surface area contributed by atoms with Crippen LogP contribution in [0.2, 0.25) is 0 Å². The Morgan fingerprint density at radius 3 is 2.57 bits per heavy atom. The van der Waals surface area contributed by atoms with E-state index in [4.69, 9.17) is 9.47 Å². The van der Waals surface area contributed by atoms with Gasteiger partial charge in [0, 0.05) is 40.9 Å². The molecular weight excluding hydrogens is 539 g/mol. The first-order chi connectivity index (χ1) is 20.3. The van der Waals surface area contributed by atoms with Gasteiger partial charge < -0.3 is 19.8 Å². The standard InChI is InChI=1S/C32H29FN4O5/c1-41-25-10-7-17(13-26(25)42-2)11-12-37-29(38)27-24(14-18-16-34-22-6-4-3-5-20(18)22)36-32(28(27)30(37)39)21-15-19(33)8-9-23(21)35-31(32)40/h3-10,13,15-16,24,27-28,34,36H,11-12,14H2,1-2H3,(H,35,40)/t24-,27+,28-,32-/m0/s1. The van der Waals surface area contributed by atoms with Crippen LogP contribution in [-0.2, 0) is 32.8 Å². The van der Waals surface area contributed by atoms with E-state index < -0.39 is 41.0 Å². The number of hydrogen-bond donors (Lipinski definition) is 3. The first-order valence-electron chi connectivity index (χ1n) is 13.9.